The monoisotopic (exact) mass is 430 g/mol. The van der Waals surface area contributed by atoms with Crippen LogP contribution in [0.15, 0.2) is 90.8 Å². The molecule has 0 atom stereocenters. The van der Waals surface area contributed by atoms with Gasteiger partial charge < -0.3 is 26.0 Å². The number of benzene rings is 3. The summed E-state index contributed by atoms with van der Waals surface area (Å²) in [5, 5.41) is 6.13. The lowest BCUT2D eigenvalue weighted by molar-refractivity contribution is 0.0954. The minimum Gasteiger partial charge on any atom is -0.457 e. The van der Waals surface area contributed by atoms with Crippen molar-refractivity contribution >= 4 is 11.6 Å². The Morgan fingerprint density at radius 2 is 1.72 bits per heavy atom. The molecule has 32 heavy (non-hydrogen) atoms. The molecule has 0 heterocycles. The molecule has 0 bridgehead atoms. The Morgan fingerprint density at radius 3 is 2.44 bits per heavy atom. The van der Waals surface area contributed by atoms with Crippen LogP contribution < -0.4 is 26.0 Å². The van der Waals surface area contributed by atoms with Gasteiger partial charge in [-0.25, -0.2) is 0 Å². The molecule has 6 heteroatoms. The maximum Gasteiger partial charge on any atom is 0.251 e. The molecular formula is C26H30N4O2. The Morgan fingerprint density at radius 1 is 1.00 bits per heavy atom. The van der Waals surface area contributed by atoms with Crippen LogP contribution in [0.1, 0.15) is 15.9 Å². The van der Waals surface area contributed by atoms with E-state index >= 15 is 0 Å². The highest BCUT2D eigenvalue weighted by atomic mass is 16.5. The van der Waals surface area contributed by atoms with Gasteiger partial charge in [-0.15, -0.1) is 0 Å². The molecule has 0 aliphatic rings. The van der Waals surface area contributed by atoms with Gasteiger partial charge in [-0.3, -0.25) is 4.79 Å². The third kappa shape index (κ3) is 6.28. The molecule has 0 saturated heterocycles. The van der Waals surface area contributed by atoms with Crippen LogP contribution in [0.2, 0.25) is 0 Å². The van der Waals surface area contributed by atoms with Crippen molar-refractivity contribution in [3.8, 4) is 11.5 Å². The highest BCUT2D eigenvalue weighted by Gasteiger charge is 2.12. The van der Waals surface area contributed by atoms with E-state index in [2.05, 4.69) is 34.6 Å². The van der Waals surface area contributed by atoms with Crippen molar-refractivity contribution in [1.29, 1.82) is 0 Å². The molecule has 0 aromatic heterocycles. The molecule has 0 unspecified atom stereocenters. The van der Waals surface area contributed by atoms with Crippen LogP contribution in [0.3, 0.4) is 0 Å². The Balaban J connectivity index is 1.63. The Hall–Kier alpha value is -3.93. The van der Waals surface area contributed by atoms with Gasteiger partial charge in [-0.05, 0) is 48.9 Å². The lowest BCUT2D eigenvalue weighted by Crippen LogP contribution is -2.38. The maximum atomic E-state index is 12.7. The fourth-order valence-corrected chi connectivity index (χ4v) is 3.36. The van der Waals surface area contributed by atoms with E-state index in [1.54, 1.807) is 18.3 Å². The number of nitrogens with zero attached hydrogens (tertiary/aromatic N) is 1. The third-order valence-corrected chi connectivity index (χ3v) is 5.08. The zero-order valence-corrected chi connectivity index (χ0v) is 18.5. The van der Waals surface area contributed by atoms with E-state index in [0.29, 0.717) is 30.9 Å². The zero-order chi connectivity index (χ0) is 22.8. The van der Waals surface area contributed by atoms with E-state index < -0.39 is 0 Å². The topological polar surface area (TPSA) is 79.6 Å². The van der Waals surface area contributed by atoms with Gasteiger partial charge >= 0.3 is 0 Å². The second kappa shape index (κ2) is 11.5. The van der Waals surface area contributed by atoms with E-state index in [1.165, 1.54) is 0 Å². The van der Waals surface area contributed by atoms with Crippen molar-refractivity contribution in [1.82, 2.24) is 10.6 Å². The number of carbonyl (C=O) groups is 1. The van der Waals surface area contributed by atoms with Gasteiger partial charge in [0, 0.05) is 43.3 Å². The number of anilines is 1. The van der Waals surface area contributed by atoms with Gasteiger partial charge in [-0.1, -0.05) is 42.5 Å². The minimum atomic E-state index is -0.142. The highest BCUT2D eigenvalue weighted by molar-refractivity contribution is 5.94. The van der Waals surface area contributed by atoms with Crippen LogP contribution in [0.4, 0.5) is 5.69 Å². The summed E-state index contributed by atoms with van der Waals surface area (Å²) in [6, 6.07) is 24.9. The summed E-state index contributed by atoms with van der Waals surface area (Å²) in [5.41, 5.74) is 9.47. The lowest BCUT2D eigenvalue weighted by Gasteiger charge is -2.27. The van der Waals surface area contributed by atoms with Crippen molar-refractivity contribution in [2.24, 2.45) is 5.73 Å². The van der Waals surface area contributed by atoms with Gasteiger partial charge in [0.1, 0.15) is 11.5 Å². The predicted octanol–water partition coefficient (Wildman–Crippen LogP) is 4.04. The largest absolute Gasteiger partial charge is 0.457 e. The average molecular weight is 431 g/mol. The summed E-state index contributed by atoms with van der Waals surface area (Å²) in [5.74, 6) is 1.21. The SMILES string of the molecule is CN/C(=C\N)CN(CCNC(=O)c1cccc(Oc2ccccc2)c1)c1ccccc1C. The molecule has 4 N–H and O–H groups in total. The summed E-state index contributed by atoms with van der Waals surface area (Å²) >= 11 is 0. The van der Waals surface area contributed by atoms with Gasteiger partial charge in [-0.2, -0.15) is 0 Å². The van der Waals surface area contributed by atoms with E-state index in [0.717, 1.165) is 22.7 Å². The molecule has 6 nitrogen and oxygen atoms in total. The van der Waals surface area contributed by atoms with Gasteiger partial charge in [0.2, 0.25) is 0 Å². The molecule has 0 aliphatic carbocycles. The Bertz CT molecular complexity index is 1050. The molecule has 0 aliphatic heterocycles. The van der Waals surface area contributed by atoms with Crippen LogP contribution in [0.5, 0.6) is 11.5 Å². The first-order valence-corrected chi connectivity index (χ1v) is 10.6. The highest BCUT2D eigenvalue weighted by Crippen LogP contribution is 2.22. The molecule has 3 rings (SSSR count). The number of carbonyl (C=O) groups excluding carboxylic acids is 1. The van der Waals surface area contributed by atoms with E-state index in [1.807, 2.05) is 61.6 Å². The molecule has 0 spiro atoms. The molecule has 3 aromatic carbocycles. The van der Waals surface area contributed by atoms with Gasteiger partial charge in [0.25, 0.3) is 5.91 Å². The predicted molar refractivity (Wildman–Crippen MR) is 130 cm³/mol. The second-order valence-electron chi connectivity index (χ2n) is 7.35. The van der Waals surface area contributed by atoms with Crippen LogP contribution in [-0.4, -0.2) is 32.6 Å². The van der Waals surface area contributed by atoms with Crippen molar-refractivity contribution in [2.45, 2.75) is 6.92 Å². The first-order valence-electron chi connectivity index (χ1n) is 10.6. The summed E-state index contributed by atoms with van der Waals surface area (Å²) in [6.07, 6.45) is 1.57. The number of para-hydroxylation sites is 2. The molecule has 166 valence electrons. The number of likely N-dealkylation sites (N-methyl/N-ethyl adjacent to an activating group) is 1. The fraction of sp³-hybridized carbons (Fsp3) is 0.192. The number of ether oxygens (including phenoxy) is 1. The molecular weight excluding hydrogens is 400 g/mol. The first kappa shape index (κ1) is 22.7. The Labute approximate surface area is 189 Å². The molecule has 0 saturated carbocycles. The number of nitrogens with two attached hydrogens (primary N) is 1. The van der Waals surface area contributed by atoms with Crippen LogP contribution in [-0.2, 0) is 0 Å². The smallest absolute Gasteiger partial charge is 0.251 e. The zero-order valence-electron chi connectivity index (χ0n) is 18.5. The number of nitrogens with one attached hydrogen (secondary N) is 2. The summed E-state index contributed by atoms with van der Waals surface area (Å²) in [4.78, 5) is 14.9. The standard InChI is InChI=1S/C26H30N4O2/c1-20-9-6-7-14-25(20)30(19-22(18-27)28-2)16-15-29-26(31)21-10-8-13-24(17-21)32-23-11-4-3-5-12-23/h3-14,17-18,28H,15-16,19,27H2,1-2H3,(H,29,31)/b22-18-. The van der Waals surface area contributed by atoms with E-state index in [-0.39, 0.29) is 5.91 Å². The summed E-state index contributed by atoms with van der Waals surface area (Å²) in [7, 11) is 1.85. The van der Waals surface area contributed by atoms with Crippen LogP contribution in [0.25, 0.3) is 0 Å². The average Bonchev–Trinajstić information content (AvgIpc) is 2.82. The molecule has 0 fully saturated rings. The number of hydrogen-bond donors (Lipinski definition) is 3. The van der Waals surface area contributed by atoms with Crippen molar-refractivity contribution in [3.63, 3.8) is 0 Å². The summed E-state index contributed by atoms with van der Waals surface area (Å²) in [6.45, 7) is 3.81. The van der Waals surface area contributed by atoms with E-state index in [9.17, 15) is 4.79 Å². The van der Waals surface area contributed by atoms with Crippen LogP contribution >= 0.6 is 0 Å². The molecule has 3 aromatic rings. The van der Waals surface area contributed by atoms with Crippen molar-refractivity contribution < 1.29 is 9.53 Å². The number of amides is 1. The van der Waals surface area contributed by atoms with Crippen molar-refractivity contribution in [2.75, 3.05) is 31.6 Å². The van der Waals surface area contributed by atoms with Crippen molar-refractivity contribution in [3.05, 3.63) is 102 Å². The number of aryl methyl sites for hydroxylation is 1. The van der Waals surface area contributed by atoms with E-state index in [4.69, 9.17) is 10.5 Å². The maximum absolute atomic E-state index is 12.7. The fourth-order valence-electron chi connectivity index (χ4n) is 3.36. The lowest BCUT2D eigenvalue weighted by atomic mass is 10.1. The summed E-state index contributed by atoms with van der Waals surface area (Å²) < 4.78 is 5.84. The first-order chi connectivity index (χ1) is 15.6. The third-order valence-electron chi connectivity index (χ3n) is 5.08. The van der Waals surface area contributed by atoms with Gasteiger partial charge in [0.05, 0.1) is 6.54 Å². The number of rotatable bonds is 10. The second-order valence-corrected chi connectivity index (χ2v) is 7.35. The molecule has 1 amide bonds. The van der Waals surface area contributed by atoms with Crippen LogP contribution in [0, 0.1) is 6.92 Å². The molecule has 0 radical (unpaired) electrons. The van der Waals surface area contributed by atoms with Gasteiger partial charge in [0.15, 0.2) is 0 Å². The minimum absolute atomic E-state index is 0.142. The number of hydrogen-bond acceptors (Lipinski definition) is 5. The normalized spacial score (nSPS) is 11.0. The quantitative estimate of drug-likeness (QED) is 0.452. The Kier molecular flexibility index (Phi) is 8.15.